The van der Waals surface area contributed by atoms with Crippen LogP contribution < -0.4 is 4.90 Å². The van der Waals surface area contributed by atoms with Gasteiger partial charge in [-0.05, 0) is 42.0 Å². The largest absolute Gasteiger partial charge is 0.507 e. The third-order valence-corrected chi connectivity index (χ3v) is 5.84. The number of nitrogens with zero attached hydrogens (tertiary/aromatic N) is 1. The van der Waals surface area contributed by atoms with Gasteiger partial charge in [-0.25, -0.2) is 0 Å². The van der Waals surface area contributed by atoms with Gasteiger partial charge in [-0.3, -0.25) is 14.5 Å². The Morgan fingerprint density at radius 2 is 1.34 bits per heavy atom. The van der Waals surface area contributed by atoms with Crippen LogP contribution in [0.4, 0.5) is 5.69 Å². The molecule has 1 amide bonds. The summed E-state index contributed by atoms with van der Waals surface area (Å²) >= 11 is 6.80. The first-order valence-corrected chi connectivity index (χ1v) is 10.4. The van der Waals surface area contributed by atoms with Crippen LogP contribution in [-0.4, -0.2) is 16.8 Å². The summed E-state index contributed by atoms with van der Waals surface area (Å²) in [5.41, 5.74) is 1.87. The van der Waals surface area contributed by atoms with Gasteiger partial charge >= 0.3 is 0 Å². The van der Waals surface area contributed by atoms with Gasteiger partial charge in [0.1, 0.15) is 5.76 Å². The molecule has 3 aromatic carbocycles. The Balaban J connectivity index is 1.94. The zero-order valence-electron chi connectivity index (χ0n) is 15.0. The molecule has 0 aliphatic carbocycles. The lowest BCUT2D eigenvalue weighted by Gasteiger charge is -2.25. The first-order chi connectivity index (χ1) is 14.0. The van der Waals surface area contributed by atoms with Gasteiger partial charge in [-0.1, -0.05) is 74.3 Å². The Morgan fingerprint density at radius 3 is 1.93 bits per heavy atom. The summed E-state index contributed by atoms with van der Waals surface area (Å²) in [6, 6.07) is 22.6. The maximum absolute atomic E-state index is 13.0. The highest BCUT2D eigenvalue weighted by Gasteiger charge is 2.46. The number of aliphatic hydroxyl groups is 1. The second-order valence-electron chi connectivity index (χ2n) is 6.56. The lowest BCUT2D eigenvalue weighted by molar-refractivity contribution is -0.132. The van der Waals surface area contributed by atoms with Crippen LogP contribution in [0.2, 0.25) is 0 Å². The molecular formula is C23H15Br2NO3. The maximum Gasteiger partial charge on any atom is 0.300 e. The molecular weight excluding hydrogens is 498 g/mol. The second kappa shape index (κ2) is 7.97. The third kappa shape index (κ3) is 3.66. The van der Waals surface area contributed by atoms with Crippen molar-refractivity contribution in [1.29, 1.82) is 0 Å². The highest BCUT2D eigenvalue weighted by atomic mass is 79.9. The van der Waals surface area contributed by atoms with Crippen LogP contribution in [0.25, 0.3) is 5.76 Å². The van der Waals surface area contributed by atoms with Crippen molar-refractivity contribution in [2.24, 2.45) is 0 Å². The summed E-state index contributed by atoms with van der Waals surface area (Å²) in [5, 5.41) is 11.0. The summed E-state index contributed by atoms with van der Waals surface area (Å²) in [6.07, 6.45) is 0. The molecule has 1 heterocycles. The van der Waals surface area contributed by atoms with E-state index in [1.54, 1.807) is 36.4 Å². The number of aliphatic hydroxyl groups excluding tert-OH is 1. The second-order valence-corrected chi connectivity index (χ2v) is 8.39. The fraction of sp³-hybridized carbons (Fsp3) is 0.0435. The van der Waals surface area contributed by atoms with E-state index in [9.17, 15) is 14.7 Å². The zero-order valence-corrected chi connectivity index (χ0v) is 18.2. The van der Waals surface area contributed by atoms with Crippen molar-refractivity contribution in [2.45, 2.75) is 6.04 Å². The van der Waals surface area contributed by atoms with Crippen molar-refractivity contribution >= 4 is 55.0 Å². The van der Waals surface area contributed by atoms with Crippen LogP contribution in [-0.2, 0) is 9.59 Å². The van der Waals surface area contributed by atoms with E-state index in [0.717, 1.165) is 14.5 Å². The molecule has 0 saturated carbocycles. The van der Waals surface area contributed by atoms with Crippen LogP contribution in [0.15, 0.2) is 93.4 Å². The predicted molar refractivity (Wildman–Crippen MR) is 120 cm³/mol. The van der Waals surface area contributed by atoms with Gasteiger partial charge in [-0.2, -0.15) is 0 Å². The minimum absolute atomic E-state index is 0.0754. The Labute approximate surface area is 184 Å². The number of Topliss-reactive ketones (excluding diaryl/α,β-unsaturated/α-hetero) is 1. The lowest BCUT2D eigenvalue weighted by atomic mass is 9.95. The number of hydrogen-bond donors (Lipinski definition) is 1. The van der Waals surface area contributed by atoms with Gasteiger partial charge in [0.15, 0.2) is 0 Å². The van der Waals surface area contributed by atoms with E-state index < -0.39 is 17.7 Å². The minimum atomic E-state index is -0.732. The number of anilines is 1. The summed E-state index contributed by atoms with van der Waals surface area (Å²) in [7, 11) is 0. The van der Waals surface area contributed by atoms with Crippen LogP contribution in [0.5, 0.6) is 0 Å². The standard InChI is InChI=1S/C23H15Br2NO3/c24-16-8-6-14(7-9-16)20-19(21(27)15-4-2-1-3-5-15)22(28)23(29)26(20)18-12-10-17(25)11-13-18/h1-13,20,27H/t20-/m1/s1. The molecule has 1 saturated heterocycles. The lowest BCUT2D eigenvalue weighted by Crippen LogP contribution is -2.29. The summed E-state index contributed by atoms with van der Waals surface area (Å²) < 4.78 is 1.74. The number of benzene rings is 3. The van der Waals surface area contributed by atoms with Gasteiger partial charge in [0, 0.05) is 20.2 Å². The smallest absolute Gasteiger partial charge is 0.300 e. The van der Waals surface area contributed by atoms with E-state index >= 15 is 0 Å². The van der Waals surface area contributed by atoms with E-state index in [2.05, 4.69) is 31.9 Å². The Kier molecular flexibility index (Phi) is 5.39. The van der Waals surface area contributed by atoms with Crippen LogP contribution in [0, 0.1) is 0 Å². The van der Waals surface area contributed by atoms with E-state index in [-0.39, 0.29) is 11.3 Å². The maximum atomic E-state index is 13.0. The Hall–Kier alpha value is -2.70. The van der Waals surface area contributed by atoms with Gasteiger partial charge in [0.05, 0.1) is 11.6 Å². The van der Waals surface area contributed by atoms with Crippen molar-refractivity contribution in [3.05, 3.63) is 105 Å². The summed E-state index contributed by atoms with van der Waals surface area (Å²) in [4.78, 5) is 27.4. The number of carbonyl (C=O) groups excluding carboxylic acids is 2. The molecule has 4 rings (SSSR count). The molecule has 6 heteroatoms. The van der Waals surface area contributed by atoms with Crippen LogP contribution in [0.1, 0.15) is 17.2 Å². The van der Waals surface area contributed by atoms with Gasteiger partial charge in [-0.15, -0.1) is 0 Å². The number of rotatable bonds is 3. The molecule has 0 radical (unpaired) electrons. The summed E-state index contributed by atoms with van der Waals surface area (Å²) in [5.74, 6) is -1.56. The molecule has 1 atom stereocenters. The fourth-order valence-corrected chi connectivity index (χ4v) is 3.94. The molecule has 0 bridgehead atoms. The average Bonchev–Trinajstić information content (AvgIpc) is 3.00. The van der Waals surface area contributed by atoms with Gasteiger partial charge in [0.25, 0.3) is 11.7 Å². The van der Waals surface area contributed by atoms with Crippen molar-refractivity contribution in [3.8, 4) is 0 Å². The van der Waals surface area contributed by atoms with Crippen molar-refractivity contribution in [1.82, 2.24) is 0 Å². The molecule has 1 N–H and O–H groups in total. The molecule has 29 heavy (non-hydrogen) atoms. The average molecular weight is 513 g/mol. The summed E-state index contributed by atoms with van der Waals surface area (Å²) in [6.45, 7) is 0. The Bertz CT molecular complexity index is 1110. The predicted octanol–water partition coefficient (Wildman–Crippen LogP) is 5.84. The monoisotopic (exact) mass is 511 g/mol. The Morgan fingerprint density at radius 1 is 0.793 bits per heavy atom. The molecule has 3 aromatic rings. The van der Waals surface area contributed by atoms with Gasteiger partial charge in [0.2, 0.25) is 0 Å². The molecule has 1 fully saturated rings. The molecule has 0 unspecified atom stereocenters. The minimum Gasteiger partial charge on any atom is -0.507 e. The highest BCUT2D eigenvalue weighted by Crippen LogP contribution is 2.42. The first kappa shape index (κ1) is 19.6. The van der Waals surface area contributed by atoms with Crippen LogP contribution >= 0.6 is 31.9 Å². The molecule has 144 valence electrons. The quantitative estimate of drug-likeness (QED) is 0.272. The van der Waals surface area contributed by atoms with E-state index in [1.165, 1.54) is 4.90 Å². The van der Waals surface area contributed by atoms with Gasteiger partial charge < -0.3 is 5.11 Å². The SMILES string of the molecule is O=C1C(=O)N(c2ccc(Br)cc2)[C@H](c2ccc(Br)cc2)C1=C(O)c1ccccc1. The van der Waals surface area contributed by atoms with E-state index in [1.807, 2.05) is 42.5 Å². The van der Waals surface area contributed by atoms with Crippen molar-refractivity contribution in [3.63, 3.8) is 0 Å². The third-order valence-electron chi connectivity index (χ3n) is 4.78. The molecule has 1 aliphatic heterocycles. The zero-order chi connectivity index (χ0) is 20.5. The number of ketones is 1. The fourth-order valence-electron chi connectivity index (χ4n) is 3.41. The molecule has 1 aliphatic rings. The number of amides is 1. The molecule has 0 aromatic heterocycles. The number of carbonyl (C=O) groups is 2. The van der Waals surface area contributed by atoms with Crippen LogP contribution in [0.3, 0.4) is 0 Å². The highest BCUT2D eigenvalue weighted by molar-refractivity contribution is 9.10. The number of halogens is 2. The molecule has 4 nitrogen and oxygen atoms in total. The van der Waals surface area contributed by atoms with Crippen molar-refractivity contribution < 1.29 is 14.7 Å². The topological polar surface area (TPSA) is 57.6 Å². The van der Waals surface area contributed by atoms with E-state index in [4.69, 9.17) is 0 Å². The normalized spacial score (nSPS) is 18.3. The molecule has 0 spiro atoms. The van der Waals surface area contributed by atoms with Crippen molar-refractivity contribution in [2.75, 3.05) is 4.90 Å². The van der Waals surface area contributed by atoms with E-state index in [0.29, 0.717) is 11.3 Å². The number of hydrogen-bond acceptors (Lipinski definition) is 3. The first-order valence-electron chi connectivity index (χ1n) is 8.85.